The van der Waals surface area contributed by atoms with Crippen molar-refractivity contribution in [2.75, 3.05) is 0 Å². The number of rotatable bonds is 4. The summed E-state index contributed by atoms with van der Waals surface area (Å²) in [6, 6.07) is 26.2. The predicted octanol–water partition coefficient (Wildman–Crippen LogP) is 7.27. The molecule has 0 amide bonds. The maximum absolute atomic E-state index is 2.30. The van der Waals surface area contributed by atoms with Crippen molar-refractivity contribution in [2.45, 2.75) is 39.5 Å². The van der Waals surface area contributed by atoms with Crippen LogP contribution in [0.4, 0.5) is 0 Å². The third kappa shape index (κ3) is 3.14. The van der Waals surface area contributed by atoms with E-state index in [1.165, 1.54) is 33.4 Å². The summed E-state index contributed by atoms with van der Waals surface area (Å²) in [6.45, 7) is 9.17. The Bertz CT molecular complexity index is 810. The van der Waals surface area contributed by atoms with Crippen LogP contribution in [0.5, 0.6) is 0 Å². The third-order valence-electron chi connectivity index (χ3n) is 4.64. The van der Waals surface area contributed by atoms with Crippen molar-refractivity contribution >= 4 is 0 Å². The average molecular weight is 314 g/mol. The summed E-state index contributed by atoms with van der Waals surface area (Å²) in [5.41, 5.74) is 8.23. The van der Waals surface area contributed by atoms with E-state index in [0.717, 1.165) is 0 Å². The number of hydrogen-bond acceptors (Lipinski definition) is 0. The molecule has 24 heavy (non-hydrogen) atoms. The highest BCUT2D eigenvalue weighted by molar-refractivity contribution is 5.85. The van der Waals surface area contributed by atoms with Gasteiger partial charge in [0.15, 0.2) is 0 Å². The van der Waals surface area contributed by atoms with Crippen LogP contribution in [0.2, 0.25) is 0 Å². The molecular weight excluding hydrogens is 288 g/mol. The van der Waals surface area contributed by atoms with E-state index < -0.39 is 0 Å². The Morgan fingerprint density at radius 1 is 0.500 bits per heavy atom. The standard InChI is InChI=1S/C24H26/c1-17(2)20-15-10-16-23(24(20)18(3)4)22-14-9-8-13-21(22)19-11-6-5-7-12-19/h5-18H,1-4H3. The first kappa shape index (κ1) is 16.5. The van der Waals surface area contributed by atoms with Gasteiger partial charge in [-0.2, -0.15) is 0 Å². The summed E-state index contributed by atoms with van der Waals surface area (Å²) in [7, 11) is 0. The van der Waals surface area contributed by atoms with Crippen LogP contribution in [0.25, 0.3) is 22.3 Å². The average Bonchev–Trinajstić information content (AvgIpc) is 2.61. The summed E-state index contributed by atoms with van der Waals surface area (Å²) >= 11 is 0. The normalized spacial score (nSPS) is 11.2. The fourth-order valence-corrected chi connectivity index (χ4v) is 3.55. The van der Waals surface area contributed by atoms with E-state index in [2.05, 4.69) is 100 Å². The first-order valence-corrected chi connectivity index (χ1v) is 8.87. The topological polar surface area (TPSA) is 0 Å². The van der Waals surface area contributed by atoms with E-state index >= 15 is 0 Å². The summed E-state index contributed by atoms with van der Waals surface area (Å²) in [4.78, 5) is 0. The number of benzene rings is 3. The highest BCUT2D eigenvalue weighted by Crippen LogP contribution is 2.39. The molecule has 0 N–H and O–H groups in total. The van der Waals surface area contributed by atoms with E-state index in [4.69, 9.17) is 0 Å². The van der Waals surface area contributed by atoms with Crippen LogP contribution in [-0.2, 0) is 0 Å². The quantitative estimate of drug-likeness (QED) is 0.475. The van der Waals surface area contributed by atoms with Crippen LogP contribution in [0.15, 0.2) is 72.8 Å². The molecular formula is C24H26. The zero-order valence-corrected chi connectivity index (χ0v) is 15.1. The molecule has 0 aliphatic rings. The smallest absolute Gasteiger partial charge is 0.0102 e. The zero-order valence-electron chi connectivity index (χ0n) is 15.1. The molecule has 3 rings (SSSR count). The van der Waals surface area contributed by atoms with Gasteiger partial charge in [0.05, 0.1) is 0 Å². The lowest BCUT2D eigenvalue weighted by atomic mass is 9.83. The maximum atomic E-state index is 2.30. The molecule has 0 nitrogen and oxygen atoms in total. The third-order valence-corrected chi connectivity index (χ3v) is 4.64. The van der Waals surface area contributed by atoms with Crippen molar-refractivity contribution in [3.63, 3.8) is 0 Å². The fraction of sp³-hybridized carbons (Fsp3) is 0.250. The zero-order chi connectivity index (χ0) is 17.1. The van der Waals surface area contributed by atoms with Crippen LogP contribution >= 0.6 is 0 Å². The van der Waals surface area contributed by atoms with Gasteiger partial charge in [0.1, 0.15) is 0 Å². The minimum Gasteiger partial charge on any atom is -0.0622 e. The van der Waals surface area contributed by atoms with Gasteiger partial charge in [0, 0.05) is 0 Å². The Labute approximate surface area is 146 Å². The Morgan fingerprint density at radius 2 is 1.08 bits per heavy atom. The first-order chi connectivity index (χ1) is 11.6. The summed E-state index contributed by atoms with van der Waals surface area (Å²) in [5, 5.41) is 0. The SMILES string of the molecule is CC(C)c1cccc(-c2ccccc2-c2ccccc2)c1C(C)C. The fourth-order valence-electron chi connectivity index (χ4n) is 3.55. The molecule has 0 saturated carbocycles. The lowest BCUT2D eigenvalue weighted by Gasteiger charge is -2.22. The van der Waals surface area contributed by atoms with Crippen molar-refractivity contribution in [1.29, 1.82) is 0 Å². The minimum atomic E-state index is 0.502. The van der Waals surface area contributed by atoms with E-state index in [0.29, 0.717) is 11.8 Å². The van der Waals surface area contributed by atoms with E-state index in [9.17, 15) is 0 Å². The molecule has 0 aromatic heterocycles. The molecule has 3 aromatic rings. The summed E-state index contributed by atoms with van der Waals surface area (Å²) in [5.74, 6) is 1.04. The van der Waals surface area contributed by atoms with Gasteiger partial charge in [-0.1, -0.05) is 100 Å². The van der Waals surface area contributed by atoms with Gasteiger partial charge in [-0.25, -0.2) is 0 Å². The minimum absolute atomic E-state index is 0.502. The Balaban J connectivity index is 2.27. The van der Waals surface area contributed by atoms with Gasteiger partial charge < -0.3 is 0 Å². The molecule has 0 fully saturated rings. The molecule has 0 aliphatic heterocycles. The van der Waals surface area contributed by atoms with Crippen molar-refractivity contribution in [3.05, 3.63) is 83.9 Å². The molecule has 0 unspecified atom stereocenters. The molecule has 122 valence electrons. The first-order valence-electron chi connectivity index (χ1n) is 8.87. The van der Waals surface area contributed by atoms with E-state index in [1.807, 2.05) is 0 Å². The van der Waals surface area contributed by atoms with Gasteiger partial charge in [0.25, 0.3) is 0 Å². The van der Waals surface area contributed by atoms with Gasteiger partial charge in [-0.05, 0) is 45.2 Å². The van der Waals surface area contributed by atoms with Crippen LogP contribution < -0.4 is 0 Å². The van der Waals surface area contributed by atoms with Crippen molar-refractivity contribution in [2.24, 2.45) is 0 Å². The summed E-state index contributed by atoms with van der Waals surface area (Å²) in [6.07, 6.45) is 0. The van der Waals surface area contributed by atoms with Crippen LogP contribution in [0.1, 0.15) is 50.7 Å². The molecule has 0 aliphatic carbocycles. The van der Waals surface area contributed by atoms with Gasteiger partial charge in [0.2, 0.25) is 0 Å². The molecule has 3 aromatic carbocycles. The molecule has 0 bridgehead atoms. The molecule has 0 saturated heterocycles. The van der Waals surface area contributed by atoms with E-state index in [-0.39, 0.29) is 0 Å². The second-order valence-corrected chi connectivity index (χ2v) is 7.03. The van der Waals surface area contributed by atoms with Gasteiger partial charge >= 0.3 is 0 Å². The molecule has 0 radical (unpaired) electrons. The molecule has 0 heterocycles. The van der Waals surface area contributed by atoms with Gasteiger partial charge in [-0.3, -0.25) is 0 Å². The Kier molecular flexibility index (Phi) is 4.85. The van der Waals surface area contributed by atoms with Crippen LogP contribution in [0, 0.1) is 0 Å². The largest absolute Gasteiger partial charge is 0.0622 e. The molecule has 0 atom stereocenters. The Hall–Kier alpha value is -2.34. The highest BCUT2D eigenvalue weighted by Gasteiger charge is 2.17. The molecule has 0 heteroatoms. The van der Waals surface area contributed by atoms with E-state index in [1.54, 1.807) is 0 Å². The van der Waals surface area contributed by atoms with Crippen molar-refractivity contribution in [1.82, 2.24) is 0 Å². The predicted molar refractivity (Wildman–Crippen MR) is 105 cm³/mol. The monoisotopic (exact) mass is 314 g/mol. The second-order valence-electron chi connectivity index (χ2n) is 7.03. The Morgan fingerprint density at radius 3 is 1.71 bits per heavy atom. The highest BCUT2D eigenvalue weighted by atomic mass is 14.2. The second kappa shape index (κ2) is 7.05. The molecule has 0 spiro atoms. The lowest BCUT2D eigenvalue weighted by molar-refractivity contribution is 0.792. The number of hydrogen-bond donors (Lipinski definition) is 0. The van der Waals surface area contributed by atoms with Crippen LogP contribution in [-0.4, -0.2) is 0 Å². The maximum Gasteiger partial charge on any atom is -0.0102 e. The van der Waals surface area contributed by atoms with Gasteiger partial charge in [-0.15, -0.1) is 0 Å². The van der Waals surface area contributed by atoms with Crippen molar-refractivity contribution < 1.29 is 0 Å². The summed E-state index contributed by atoms with van der Waals surface area (Å²) < 4.78 is 0. The lowest BCUT2D eigenvalue weighted by Crippen LogP contribution is -2.02. The van der Waals surface area contributed by atoms with Crippen molar-refractivity contribution in [3.8, 4) is 22.3 Å². The van der Waals surface area contributed by atoms with Crippen LogP contribution in [0.3, 0.4) is 0 Å².